The summed E-state index contributed by atoms with van der Waals surface area (Å²) in [5.74, 6) is -0.0176. The monoisotopic (exact) mass is 244 g/mol. The predicted octanol–water partition coefficient (Wildman–Crippen LogP) is 2.87. The van der Waals surface area contributed by atoms with E-state index >= 15 is 0 Å². The first-order valence-electron chi connectivity index (χ1n) is 6.04. The van der Waals surface area contributed by atoms with Crippen LogP contribution in [0, 0.1) is 12.8 Å². The highest BCUT2D eigenvalue weighted by atomic mass is 16.4. The van der Waals surface area contributed by atoms with Crippen molar-refractivity contribution in [3.8, 4) is 0 Å². The van der Waals surface area contributed by atoms with Gasteiger partial charge in [-0.3, -0.25) is 4.79 Å². The van der Waals surface area contributed by atoms with Crippen LogP contribution in [0.4, 0.5) is 0 Å². The minimum Gasteiger partial charge on any atom is -0.423 e. The Morgan fingerprint density at radius 3 is 2.61 bits per heavy atom. The van der Waals surface area contributed by atoms with Crippen LogP contribution in [0.5, 0.6) is 0 Å². The summed E-state index contributed by atoms with van der Waals surface area (Å²) < 4.78 is 5.25. The number of aryl methyl sites for hydroxylation is 1. The van der Waals surface area contributed by atoms with Crippen LogP contribution < -0.4 is 5.63 Å². The van der Waals surface area contributed by atoms with Crippen molar-refractivity contribution in [1.82, 2.24) is 0 Å². The van der Waals surface area contributed by atoms with E-state index in [1.807, 2.05) is 39.0 Å². The maximum Gasteiger partial charge on any atom is 0.340 e. The quantitative estimate of drug-likeness (QED) is 0.780. The highest BCUT2D eigenvalue weighted by Gasteiger charge is 2.16. The van der Waals surface area contributed by atoms with Gasteiger partial charge in [0.15, 0.2) is 0 Å². The van der Waals surface area contributed by atoms with Crippen LogP contribution in [-0.4, -0.2) is 5.78 Å². The zero-order valence-corrected chi connectivity index (χ0v) is 10.8. The average Bonchev–Trinajstić information content (AvgIpc) is 2.34. The number of hydrogen-bond donors (Lipinski definition) is 0. The summed E-state index contributed by atoms with van der Waals surface area (Å²) in [4.78, 5) is 23.7. The predicted molar refractivity (Wildman–Crippen MR) is 70.8 cm³/mol. The molecule has 0 saturated heterocycles. The molecule has 18 heavy (non-hydrogen) atoms. The van der Waals surface area contributed by atoms with E-state index in [0.717, 1.165) is 10.9 Å². The number of fused-ring (bicyclic) bond motifs is 1. The molecule has 0 aliphatic heterocycles. The van der Waals surface area contributed by atoms with Crippen molar-refractivity contribution in [2.45, 2.75) is 27.2 Å². The lowest BCUT2D eigenvalue weighted by Crippen LogP contribution is -2.18. The molecule has 0 unspecified atom stereocenters. The Bertz CT molecular complexity index is 650. The van der Waals surface area contributed by atoms with Gasteiger partial charge in [0.2, 0.25) is 0 Å². The van der Waals surface area contributed by atoms with E-state index in [9.17, 15) is 9.59 Å². The maximum absolute atomic E-state index is 11.9. The van der Waals surface area contributed by atoms with Gasteiger partial charge in [0.1, 0.15) is 11.4 Å². The van der Waals surface area contributed by atoms with E-state index < -0.39 is 5.63 Å². The standard InChI is InChI=1S/C15H16O3/c1-9(2)13(16)8-12-10(3)11-6-4-5-7-14(11)18-15(12)17/h4-7,9H,8H2,1-3H3. The number of rotatable bonds is 3. The first-order valence-corrected chi connectivity index (χ1v) is 6.04. The summed E-state index contributed by atoms with van der Waals surface area (Å²) in [5.41, 5.74) is 1.49. The average molecular weight is 244 g/mol. The molecular formula is C15H16O3. The number of hydrogen-bond acceptors (Lipinski definition) is 3. The highest BCUT2D eigenvalue weighted by molar-refractivity contribution is 5.86. The molecule has 0 saturated carbocycles. The summed E-state index contributed by atoms with van der Waals surface area (Å²) in [7, 11) is 0. The molecule has 0 atom stereocenters. The number of carbonyl (C=O) groups is 1. The Kier molecular flexibility index (Phi) is 3.32. The van der Waals surface area contributed by atoms with Crippen molar-refractivity contribution < 1.29 is 9.21 Å². The van der Waals surface area contributed by atoms with E-state index in [2.05, 4.69) is 0 Å². The van der Waals surface area contributed by atoms with Crippen molar-refractivity contribution in [1.29, 1.82) is 0 Å². The molecule has 0 amide bonds. The summed E-state index contributed by atoms with van der Waals surface area (Å²) in [6.45, 7) is 5.53. The fraction of sp³-hybridized carbons (Fsp3) is 0.333. The molecule has 0 radical (unpaired) electrons. The molecule has 3 nitrogen and oxygen atoms in total. The second kappa shape index (κ2) is 4.77. The van der Waals surface area contributed by atoms with Crippen LogP contribution >= 0.6 is 0 Å². The van der Waals surface area contributed by atoms with Gasteiger partial charge < -0.3 is 4.42 Å². The molecule has 0 bridgehead atoms. The van der Waals surface area contributed by atoms with Gasteiger partial charge in [-0.15, -0.1) is 0 Å². The largest absolute Gasteiger partial charge is 0.423 e. The van der Waals surface area contributed by atoms with Gasteiger partial charge in [0, 0.05) is 23.3 Å². The molecule has 0 aliphatic rings. The molecular weight excluding hydrogens is 228 g/mol. The van der Waals surface area contributed by atoms with Crippen LogP contribution in [0.2, 0.25) is 0 Å². The summed E-state index contributed by atoms with van der Waals surface area (Å²) in [6, 6.07) is 7.38. The smallest absolute Gasteiger partial charge is 0.340 e. The third kappa shape index (κ3) is 2.21. The van der Waals surface area contributed by atoms with E-state index in [1.54, 1.807) is 6.07 Å². The minimum absolute atomic E-state index is 0.0562. The lowest BCUT2D eigenvalue weighted by Gasteiger charge is -2.08. The molecule has 2 aromatic rings. The van der Waals surface area contributed by atoms with Gasteiger partial charge in [0.05, 0.1) is 0 Å². The minimum atomic E-state index is -0.403. The Balaban J connectivity index is 2.58. The van der Waals surface area contributed by atoms with Crippen molar-refractivity contribution in [3.63, 3.8) is 0 Å². The van der Waals surface area contributed by atoms with E-state index in [4.69, 9.17) is 4.42 Å². The maximum atomic E-state index is 11.9. The molecule has 1 aromatic heterocycles. The highest BCUT2D eigenvalue weighted by Crippen LogP contribution is 2.19. The third-order valence-electron chi connectivity index (χ3n) is 3.19. The summed E-state index contributed by atoms with van der Waals surface area (Å²) in [6.07, 6.45) is 0.149. The summed E-state index contributed by atoms with van der Waals surface area (Å²) in [5, 5.41) is 0.892. The fourth-order valence-corrected chi connectivity index (χ4v) is 1.93. The molecule has 2 rings (SSSR count). The number of benzene rings is 1. The molecule has 0 N–H and O–H groups in total. The Morgan fingerprint density at radius 1 is 1.28 bits per heavy atom. The van der Waals surface area contributed by atoms with E-state index in [-0.39, 0.29) is 18.1 Å². The van der Waals surface area contributed by atoms with E-state index in [1.165, 1.54) is 0 Å². The topological polar surface area (TPSA) is 47.3 Å². The van der Waals surface area contributed by atoms with Gasteiger partial charge >= 0.3 is 5.63 Å². The lowest BCUT2D eigenvalue weighted by molar-refractivity contribution is -0.121. The number of Topliss-reactive ketones (excluding diaryl/α,β-unsaturated/α-hetero) is 1. The number of ketones is 1. The molecule has 1 heterocycles. The Labute approximate surface area is 105 Å². The van der Waals surface area contributed by atoms with Crippen molar-refractivity contribution >= 4 is 16.8 Å². The van der Waals surface area contributed by atoms with Crippen molar-refractivity contribution in [2.24, 2.45) is 5.92 Å². The SMILES string of the molecule is Cc1c(CC(=O)C(C)C)c(=O)oc2ccccc12. The van der Waals surface area contributed by atoms with Crippen LogP contribution in [0.25, 0.3) is 11.0 Å². The zero-order valence-electron chi connectivity index (χ0n) is 10.8. The van der Waals surface area contributed by atoms with E-state index in [0.29, 0.717) is 11.1 Å². The van der Waals surface area contributed by atoms with Gasteiger partial charge in [-0.1, -0.05) is 32.0 Å². The van der Waals surface area contributed by atoms with Gasteiger partial charge in [0.25, 0.3) is 0 Å². The van der Waals surface area contributed by atoms with Crippen LogP contribution in [0.1, 0.15) is 25.0 Å². The Morgan fingerprint density at radius 2 is 1.94 bits per heavy atom. The van der Waals surface area contributed by atoms with Gasteiger partial charge in [-0.05, 0) is 18.6 Å². The van der Waals surface area contributed by atoms with Crippen molar-refractivity contribution in [2.75, 3.05) is 0 Å². The second-order valence-corrected chi connectivity index (χ2v) is 4.79. The van der Waals surface area contributed by atoms with Gasteiger partial charge in [-0.25, -0.2) is 4.79 Å². The summed E-state index contributed by atoms with van der Waals surface area (Å²) >= 11 is 0. The van der Waals surface area contributed by atoms with Crippen LogP contribution in [-0.2, 0) is 11.2 Å². The normalized spacial score (nSPS) is 11.1. The first kappa shape index (κ1) is 12.6. The van der Waals surface area contributed by atoms with Crippen LogP contribution in [0.3, 0.4) is 0 Å². The zero-order chi connectivity index (χ0) is 13.3. The second-order valence-electron chi connectivity index (χ2n) is 4.79. The first-order chi connectivity index (χ1) is 8.50. The molecule has 3 heteroatoms. The Hall–Kier alpha value is -1.90. The molecule has 0 spiro atoms. The molecule has 0 aliphatic carbocycles. The third-order valence-corrected chi connectivity index (χ3v) is 3.19. The number of carbonyl (C=O) groups excluding carboxylic acids is 1. The lowest BCUT2D eigenvalue weighted by atomic mass is 9.97. The molecule has 1 aromatic carbocycles. The van der Waals surface area contributed by atoms with Crippen LogP contribution in [0.15, 0.2) is 33.5 Å². The van der Waals surface area contributed by atoms with Crippen molar-refractivity contribution in [3.05, 3.63) is 45.8 Å². The van der Waals surface area contributed by atoms with Gasteiger partial charge in [-0.2, -0.15) is 0 Å². The molecule has 0 fully saturated rings. The number of para-hydroxylation sites is 1. The fourth-order valence-electron chi connectivity index (χ4n) is 1.93. The molecule has 94 valence electrons.